The summed E-state index contributed by atoms with van der Waals surface area (Å²) in [4.78, 5) is 12.3. The van der Waals surface area contributed by atoms with E-state index in [2.05, 4.69) is 5.10 Å². The van der Waals surface area contributed by atoms with Crippen molar-refractivity contribution in [3.05, 3.63) is 35.2 Å². The second-order valence-electron chi connectivity index (χ2n) is 4.59. The maximum absolute atomic E-state index is 11.6. The summed E-state index contributed by atoms with van der Waals surface area (Å²) in [7, 11) is 1.83. The fraction of sp³-hybridized carbons (Fsp3) is 0.333. The summed E-state index contributed by atoms with van der Waals surface area (Å²) < 4.78 is 7.58. The van der Waals surface area contributed by atoms with E-state index < -0.39 is 5.97 Å². The highest BCUT2D eigenvalue weighted by molar-refractivity contribution is 7.99. The number of benzene rings is 1. The minimum atomic E-state index is -0.985. The number of aromatic carboxylic acids is 1. The summed E-state index contributed by atoms with van der Waals surface area (Å²) in [5, 5.41) is 13.8. The molecule has 0 aliphatic carbocycles. The Morgan fingerprint density at radius 3 is 2.67 bits per heavy atom. The van der Waals surface area contributed by atoms with Crippen LogP contribution in [0.4, 0.5) is 0 Å². The van der Waals surface area contributed by atoms with Crippen LogP contribution < -0.4 is 4.74 Å². The van der Waals surface area contributed by atoms with Crippen molar-refractivity contribution in [2.45, 2.75) is 25.7 Å². The molecule has 1 aromatic carbocycles. The number of aryl methyl sites for hydroxylation is 2. The molecule has 0 aliphatic heterocycles. The lowest BCUT2D eigenvalue weighted by Crippen LogP contribution is -2.03. The highest BCUT2D eigenvalue weighted by atomic mass is 32.2. The zero-order chi connectivity index (χ0) is 15.6. The third-order valence-corrected chi connectivity index (χ3v) is 4.10. The van der Waals surface area contributed by atoms with E-state index in [0.29, 0.717) is 16.4 Å². The van der Waals surface area contributed by atoms with Crippen molar-refractivity contribution in [3.8, 4) is 11.5 Å². The molecule has 21 heavy (non-hydrogen) atoms. The summed E-state index contributed by atoms with van der Waals surface area (Å²) in [5.41, 5.74) is 1.80. The van der Waals surface area contributed by atoms with E-state index in [1.807, 2.05) is 27.8 Å². The standard InChI is InChI=1S/C15H18N2O3S/c1-5-21-12-8-6-7-11(13(12)15(18)19)20-14-9(2)16-17(4)10(14)3/h6-8H,5H2,1-4H3,(H,18,19). The van der Waals surface area contributed by atoms with Crippen molar-refractivity contribution in [1.29, 1.82) is 0 Å². The fourth-order valence-corrected chi connectivity index (χ4v) is 2.91. The van der Waals surface area contributed by atoms with Gasteiger partial charge in [0.2, 0.25) is 0 Å². The Hall–Kier alpha value is -1.95. The summed E-state index contributed by atoms with van der Waals surface area (Å²) in [6.45, 7) is 5.72. The first-order chi connectivity index (χ1) is 9.95. The second-order valence-corrected chi connectivity index (χ2v) is 5.90. The van der Waals surface area contributed by atoms with Crippen molar-refractivity contribution >= 4 is 17.7 Å². The van der Waals surface area contributed by atoms with Crippen LogP contribution in [0.5, 0.6) is 11.5 Å². The van der Waals surface area contributed by atoms with E-state index >= 15 is 0 Å². The Morgan fingerprint density at radius 1 is 1.43 bits per heavy atom. The predicted molar refractivity (Wildman–Crippen MR) is 82.6 cm³/mol. The molecule has 0 fully saturated rings. The highest BCUT2D eigenvalue weighted by Gasteiger charge is 2.20. The number of rotatable bonds is 5. The molecule has 0 amide bonds. The van der Waals surface area contributed by atoms with Crippen LogP contribution in [0.15, 0.2) is 23.1 Å². The largest absolute Gasteiger partial charge is 0.478 e. The first-order valence-electron chi connectivity index (χ1n) is 6.62. The van der Waals surface area contributed by atoms with E-state index in [1.165, 1.54) is 11.8 Å². The molecular formula is C15H18N2O3S. The molecule has 0 radical (unpaired) electrons. The molecule has 0 saturated heterocycles. The quantitative estimate of drug-likeness (QED) is 0.854. The summed E-state index contributed by atoms with van der Waals surface area (Å²) in [6, 6.07) is 5.28. The molecule has 1 N–H and O–H groups in total. The van der Waals surface area contributed by atoms with Crippen LogP contribution in [0.1, 0.15) is 28.7 Å². The van der Waals surface area contributed by atoms with Crippen LogP contribution >= 0.6 is 11.8 Å². The maximum atomic E-state index is 11.6. The first-order valence-corrected chi connectivity index (χ1v) is 7.61. The van der Waals surface area contributed by atoms with Gasteiger partial charge < -0.3 is 9.84 Å². The zero-order valence-corrected chi connectivity index (χ0v) is 13.3. The zero-order valence-electron chi connectivity index (χ0n) is 12.5. The Labute approximate surface area is 127 Å². The third kappa shape index (κ3) is 3.05. The Balaban J connectivity index is 2.49. The van der Waals surface area contributed by atoms with Crippen LogP contribution in [0.2, 0.25) is 0 Å². The average molecular weight is 306 g/mol. The van der Waals surface area contributed by atoms with Gasteiger partial charge in [-0.3, -0.25) is 4.68 Å². The number of thioether (sulfide) groups is 1. The second kappa shape index (κ2) is 6.22. The highest BCUT2D eigenvalue weighted by Crippen LogP contribution is 2.35. The molecule has 0 spiro atoms. The van der Waals surface area contributed by atoms with Crippen molar-refractivity contribution in [2.75, 3.05) is 5.75 Å². The molecule has 6 heteroatoms. The fourth-order valence-electron chi connectivity index (χ4n) is 2.09. The van der Waals surface area contributed by atoms with Crippen LogP contribution in [0, 0.1) is 13.8 Å². The van der Waals surface area contributed by atoms with Gasteiger partial charge in [-0.15, -0.1) is 11.8 Å². The van der Waals surface area contributed by atoms with Gasteiger partial charge in [0.15, 0.2) is 5.75 Å². The lowest BCUT2D eigenvalue weighted by atomic mass is 10.2. The predicted octanol–water partition coefficient (Wildman–Crippen LogP) is 3.64. The lowest BCUT2D eigenvalue weighted by Gasteiger charge is -2.12. The molecule has 0 aliphatic rings. The normalized spacial score (nSPS) is 10.7. The van der Waals surface area contributed by atoms with Gasteiger partial charge in [-0.1, -0.05) is 13.0 Å². The van der Waals surface area contributed by atoms with Crippen molar-refractivity contribution < 1.29 is 14.6 Å². The van der Waals surface area contributed by atoms with Crippen molar-refractivity contribution in [2.24, 2.45) is 7.05 Å². The van der Waals surface area contributed by atoms with Crippen LogP contribution in [0.25, 0.3) is 0 Å². The summed E-state index contributed by atoms with van der Waals surface area (Å²) in [6.07, 6.45) is 0. The molecule has 1 aromatic heterocycles. The molecule has 1 heterocycles. The number of carboxylic acids is 1. The van der Waals surface area contributed by atoms with Crippen LogP contribution in [0.3, 0.4) is 0 Å². The van der Waals surface area contributed by atoms with E-state index in [1.54, 1.807) is 22.9 Å². The minimum Gasteiger partial charge on any atom is -0.478 e. The Bertz CT molecular complexity index is 680. The Kier molecular flexibility index (Phi) is 4.57. The molecule has 2 rings (SSSR count). The first kappa shape index (κ1) is 15.4. The monoisotopic (exact) mass is 306 g/mol. The van der Waals surface area contributed by atoms with Gasteiger partial charge in [0, 0.05) is 11.9 Å². The van der Waals surface area contributed by atoms with E-state index in [4.69, 9.17) is 4.74 Å². The smallest absolute Gasteiger partial charge is 0.340 e. The van der Waals surface area contributed by atoms with Gasteiger partial charge in [0.1, 0.15) is 17.0 Å². The number of carboxylic acid groups (broad SMARTS) is 1. The van der Waals surface area contributed by atoms with E-state index in [9.17, 15) is 9.90 Å². The molecule has 2 aromatic rings. The van der Waals surface area contributed by atoms with E-state index in [-0.39, 0.29) is 5.56 Å². The number of aromatic nitrogens is 2. The molecule has 5 nitrogen and oxygen atoms in total. The number of ether oxygens (including phenoxy) is 1. The van der Waals surface area contributed by atoms with Gasteiger partial charge in [-0.25, -0.2) is 4.79 Å². The van der Waals surface area contributed by atoms with E-state index in [0.717, 1.165) is 17.1 Å². The van der Waals surface area contributed by atoms with Crippen molar-refractivity contribution in [3.63, 3.8) is 0 Å². The van der Waals surface area contributed by atoms with Gasteiger partial charge in [-0.2, -0.15) is 5.10 Å². The molecule has 112 valence electrons. The molecule has 0 atom stereocenters. The van der Waals surface area contributed by atoms with Gasteiger partial charge in [0.25, 0.3) is 0 Å². The number of hydrogen-bond donors (Lipinski definition) is 1. The number of hydrogen-bond acceptors (Lipinski definition) is 4. The molecular weight excluding hydrogens is 288 g/mol. The SMILES string of the molecule is CCSc1cccc(Oc2c(C)nn(C)c2C)c1C(=O)O. The third-order valence-electron chi connectivity index (χ3n) is 3.16. The Morgan fingerprint density at radius 2 is 2.14 bits per heavy atom. The topological polar surface area (TPSA) is 64.4 Å². The summed E-state index contributed by atoms with van der Waals surface area (Å²) in [5.74, 6) is 0.772. The van der Waals surface area contributed by atoms with Crippen molar-refractivity contribution in [1.82, 2.24) is 9.78 Å². The average Bonchev–Trinajstić information content (AvgIpc) is 2.66. The number of nitrogens with zero attached hydrogens (tertiary/aromatic N) is 2. The minimum absolute atomic E-state index is 0.201. The van der Waals surface area contributed by atoms with Crippen LogP contribution in [-0.4, -0.2) is 26.6 Å². The van der Waals surface area contributed by atoms with Crippen LogP contribution in [-0.2, 0) is 7.05 Å². The molecule has 0 unspecified atom stereocenters. The van der Waals surface area contributed by atoms with Gasteiger partial charge in [-0.05, 0) is 31.7 Å². The molecule has 0 saturated carbocycles. The maximum Gasteiger partial charge on any atom is 0.340 e. The number of carbonyl (C=O) groups is 1. The molecule has 0 bridgehead atoms. The van der Waals surface area contributed by atoms with Gasteiger partial charge >= 0.3 is 5.97 Å². The summed E-state index contributed by atoms with van der Waals surface area (Å²) >= 11 is 1.49. The lowest BCUT2D eigenvalue weighted by molar-refractivity contribution is 0.0690. The van der Waals surface area contributed by atoms with Gasteiger partial charge in [0.05, 0.1) is 5.69 Å².